The van der Waals surface area contributed by atoms with Crippen molar-refractivity contribution in [1.82, 2.24) is 24.7 Å². The first-order chi connectivity index (χ1) is 18.1. The summed E-state index contributed by atoms with van der Waals surface area (Å²) < 4.78 is 16.0. The van der Waals surface area contributed by atoms with Crippen LogP contribution in [-0.2, 0) is 11.3 Å². The molecule has 198 valence electrons. The zero-order valence-electron chi connectivity index (χ0n) is 21.9. The van der Waals surface area contributed by atoms with Gasteiger partial charge in [0.05, 0.1) is 17.6 Å². The number of benzene rings is 2. The number of nitrogens with one attached hydrogen (secondary N) is 1. The van der Waals surface area contributed by atoms with Crippen LogP contribution < -0.4 is 10.2 Å². The zero-order valence-corrected chi connectivity index (χ0v) is 21.9. The molecule has 2 aromatic carbocycles. The van der Waals surface area contributed by atoms with E-state index in [1.54, 1.807) is 12.1 Å². The van der Waals surface area contributed by atoms with Crippen molar-refractivity contribution in [3.05, 3.63) is 59.9 Å². The van der Waals surface area contributed by atoms with E-state index < -0.39 is 0 Å². The predicted molar refractivity (Wildman–Crippen MR) is 146 cm³/mol. The van der Waals surface area contributed by atoms with Crippen molar-refractivity contribution in [2.24, 2.45) is 5.92 Å². The van der Waals surface area contributed by atoms with Gasteiger partial charge in [-0.25, -0.2) is 9.37 Å². The van der Waals surface area contributed by atoms with E-state index in [2.05, 4.69) is 37.6 Å². The molecule has 2 aliphatic heterocycles. The Balaban J connectivity index is 1.14. The van der Waals surface area contributed by atoms with Crippen LogP contribution in [0.3, 0.4) is 0 Å². The molecule has 2 fully saturated rings. The van der Waals surface area contributed by atoms with E-state index in [0.29, 0.717) is 6.54 Å². The van der Waals surface area contributed by atoms with E-state index >= 15 is 0 Å². The maximum Gasteiger partial charge on any atom is 0.223 e. The number of para-hydroxylation sites is 2. The van der Waals surface area contributed by atoms with Crippen LogP contribution in [0.25, 0.3) is 11.0 Å². The summed E-state index contributed by atoms with van der Waals surface area (Å²) >= 11 is 0. The first-order valence-corrected chi connectivity index (χ1v) is 13.8. The Kier molecular flexibility index (Phi) is 8.36. The van der Waals surface area contributed by atoms with Crippen molar-refractivity contribution in [3.8, 4) is 0 Å². The lowest BCUT2D eigenvalue weighted by atomic mass is 9.96. The van der Waals surface area contributed by atoms with Crippen molar-refractivity contribution in [1.29, 1.82) is 0 Å². The van der Waals surface area contributed by atoms with E-state index in [-0.39, 0.29) is 17.6 Å². The molecule has 2 saturated heterocycles. The van der Waals surface area contributed by atoms with E-state index in [1.165, 1.54) is 6.07 Å². The number of halogens is 1. The fourth-order valence-electron chi connectivity index (χ4n) is 5.61. The summed E-state index contributed by atoms with van der Waals surface area (Å²) in [6.07, 6.45) is 2.63. The Morgan fingerprint density at radius 2 is 1.76 bits per heavy atom. The second-order valence-electron chi connectivity index (χ2n) is 10.3. The number of anilines is 1. The minimum atomic E-state index is -0.227. The van der Waals surface area contributed by atoms with E-state index in [4.69, 9.17) is 4.98 Å². The second kappa shape index (κ2) is 12.0. The quantitative estimate of drug-likeness (QED) is 0.450. The zero-order chi connectivity index (χ0) is 25.6. The lowest BCUT2D eigenvalue weighted by Crippen LogP contribution is -2.47. The van der Waals surface area contributed by atoms with Crippen LogP contribution in [0, 0.1) is 11.7 Å². The number of rotatable bonds is 9. The number of hydrogen-bond acceptors (Lipinski definition) is 5. The molecule has 0 atom stereocenters. The molecule has 1 amide bonds. The van der Waals surface area contributed by atoms with Gasteiger partial charge in [-0.05, 0) is 62.2 Å². The molecule has 3 heterocycles. The Hall–Kier alpha value is -2.97. The van der Waals surface area contributed by atoms with E-state index in [0.717, 1.165) is 101 Å². The van der Waals surface area contributed by atoms with Gasteiger partial charge in [0, 0.05) is 51.7 Å². The average Bonchev–Trinajstić information content (AvgIpc) is 3.29. The second-order valence-corrected chi connectivity index (χ2v) is 10.3. The number of fused-ring (bicyclic) bond motifs is 1. The molecular formula is C29H39FN6O. The third-order valence-corrected chi connectivity index (χ3v) is 7.88. The molecule has 7 nitrogen and oxygen atoms in total. The highest BCUT2D eigenvalue weighted by Crippen LogP contribution is 2.28. The van der Waals surface area contributed by atoms with Crippen molar-refractivity contribution < 1.29 is 9.18 Å². The number of nitrogens with zero attached hydrogens (tertiary/aromatic N) is 5. The maximum atomic E-state index is 13.8. The number of imidazole rings is 1. The standard InChI is InChI=1S/C29H39FN6O/c1-2-33-17-19-34(20-18-33)14-6-13-31-28(37)24-11-15-35(16-12-24)29-32-26-9-3-4-10-27(26)36(29)22-23-7-5-8-25(30)21-23/h3-5,7-10,21,24H,2,6,11-20,22H2,1H3,(H,31,37). The topological polar surface area (TPSA) is 56.6 Å². The number of hydrogen-bond donors (Lipinski definition) is 1. The normalized spacial score (nSPS) is 17.9. The predicted octanol–water partition coefficient (Wildman–Crippen LogP) is 3.58. The largest absolute Gasteiger partial charge is 0.356 e. The van der Waals surface area contributed by atoms with Crippen LogP contribution in [0.15, 0.2) is 48.5 Å². The van der Waals surface area contributed by atoms with Gasteiger partial charge in [0.1, 0.15) is 5.82 Å². The molecule has 0 aliphatic carbocycles. The molecule has 37 heavy (non-hydrogen) atoms. The summed E-state index contributed by atoms with van der Waals surface area (Å²) in [5, 5.41) is 3.19. The number of aromatic nitrogens is 2. The number of likely N-dealkylation sites (N-methyl/N-ethyl adjacent to an activating group) is 1. The minimum Gasteiger partial charge on any atom is -0.356 e. The van der Waals surface area contributed by atoms with E-state index in [1.807, 2.05) is 24.3 Å². The summed E-state index contributed by atoms with van der Waals surface area (Å²) in [7, 11) is 0. The fourth-order valence-corrected chi connectivity index (χ4v) is 5.61. The van der Waals surface area contributed by atoms with Crippen LogP contribution >= 0.6 is 0 Å². The summed E-state index contributed by atoms with van der Waals surface area (Å²) in [6.45, 7) is 11.8. The molecular weight excluding hydrogens is 467 g/mol. The molecule has 1 aromatic heterocycles. The summed E-state index contributed by atoms with van der Waals surface area (Å²) in [5.74, 6) is 0.899. The first-order valence-electron chi connectivity index (χ1n) is 13.8. The lowest BCUT2D eigenvalue weighted by Gasteiger charge is -2.34. The van der Waals surface area contributed by atoms with Gasteiger partial charge in [-0.2, -0.15) is 0 Å². The van der Waals surface area contributed by atoms with Gasteiger partial charge in [0.25, 0.3) is 0 Å². The van der Waals surface area contributed by atoms with Gasteiger partial charge in [0.2, 0.25) is 11.9 Å². The molecule has 0 saturated carbocycles. The van der Waals surface area contributed by atoms with Crippen LogP contribution in [0.5, 0.6) is 0 Å². The van der Waals surface area contributed by atoms with Crippen molar-refractivity contribution in [2.75, 3.05) is 63.8 Å². The molecule has 8 heteroatoms. The molecule has 2 aliphatic rings. The highest BCUT2D eigenvalue weighted by Gasteiger charge is 2.27. The molecule has 0 spiro atoms. The van der Waals surface area contributed by atoms with E-state index in [9.17, 15) is 9.18 Å². The molecule has 1 N–H and O–H groups in total. The van der Waals surface area contributed by atoms with Crippen LogP contribution in [-0.4, -0.2) is 84.2 Å². The first kappa shape index (κ1) is 25.7. The van der Waals surface area contributed by atoms with Gasteiger partial charge < -0.3 is 24.6 Å². The van der Waals surface area contributed by atoms with Gasteiger partial charge in [-0.3, -0.25) is 4.79 Å². The number of carbonyl (C=O) groups excluding carboxylic acids is 1. The van der Waals surface area contributed by atoms with Gasteiger partial charge >= 0.3 is 0 Å². The SMILES string of the molecule is CCN1CCN(CCCNC(=O)C2CCN(c3nc4ccccc4n3Cc3cccc(F)c3)CC2)CC1. The highest BCUT2D eigenvalue weighted by molar-refractivity contribution is 5.80. The number of piperazine rings is 1. The Morgan fingerprint density at radius 1 is 1.00 bits per heavy atom. The number of piperidine rings is 1. The molecule has 5 rings (SSSR count). The van der Waals surface area contributed by atoms with Crippen LogP contribution in [0.1, 0.15) is 31.7 Å². The highest BCUT2D eigenvalue weighted by atomic mass is 19.1. The smallest absolute Gasteiger partial charge is 0.223 e. The molecule has 3 aromatic rings. The fraction of sp³-hybridized carbons (Fsp3) is 0.517. The van der Waals surface area contributed by atoms with Gasteiger partial charge in [-0.1, -0.05) is 31.2 Å². The summed E-state index contributed by atoms with van der Waals surface area (Å²) in [4.78, 5) is 25.0. The Morgan fingerprint density at radius 3 is 2.51 bits per heavy atom. The van der Waals surface area contributed by atoms with Crippen molar-refractivity contribution in [2.45, 2.75) is 32.7 Å². The number of amides is 1. The van der Waals surface area contributed by atoms with Gasteiger partial charge in [-0.15, -0.1) is 0 Å². The third kappa shape index (κ3) is 6.30. The average molecular weight is 507 g/mol. The monoisotopic (exact) mass is 506 g/mol. The third-order valence-electron chi connectivity index (χ3n) is 7.88. The van der Waals surface area contributed by atoms with Crippen molar-refractivity contribution in [3.63, 3.8) is 0 Å². The van der Waals surface area contributed by atoms with Crippen LogP contribution in [0.2, 0.25) is 0 Å². The number of carbonyl (C=O) groups is 1. The molecule has 0 bridgehead atoms. The van der Waals surface area contributed by atoms with Gasteiger partial charge in [0.15, 0.2) is 0 Å². The Bertz CT molecular complexity index is 1180. The minimum absolute atomic E-state index is 0.0467. The molecule has 0 radical (unpaired) electrons. The summed E-state index contributed by atoms with van der Waals surface area (Å²) in [6, 6.07) is 14.8. The summed E-state index contributed by atoms with van der Waals surface area (Å²) in [5.41, 5.74) is 2.88. The lowest BCUT2D eigenvalue weighted by molar-refractivity contribution is -0.125. The van der Waals surface area contributed by atoms with Crippen LogP contribution in [0.4, 0.5) is 10.3 Å². The molecule has 0 unspecified atom stereocenters. The maximum absolute atomic E-state index is 13.8. The Labute approximate surface area is 219 Å². The van der Waals surface area contributed by atoms with Crippen molar-refractivity contribution >= 4 is 22.9 Å².